The number of nitrogens with one attached hydrogen (secondary N) is 1. The molecule has 0 spiro atoms. The third-order valence-corrected chi connectivity index (χ3v) is 4.41. The molecule has 0 atom stereocenters. The van der Waals surface area contributed by atoms with Gasteiger partial charge in [-0.1, -0.05) is 5.21 Å². The van der Waals surface area contributed by atoms with Crippen LogP contribution in [-0.4, -0.2) is 33.2 Å². The second-order valence-corrected chi connectivity index (χ2v) is 6.10. The number of hydrogen-bond acceptors (Lipinski definition) is 5. The fourth-order valence-corrected chi connectivity index (χ4v) is 3.01. The van der Waals surface area contributed by atoms with E-state index in [0.29, 0.717) is 12.1 Å². The van der Waals surface area contributed by atoms with Crippen LogP contribution in [0.2, 0.25) is 0 Å². The van der Waals surface area contributed by atoms with E-state index in [1.807, 2.05) is 35.9 Å². The lowest BCUT2D eigenvalue weighted by atomic mass is 10.2. The van der Waals surface area contributed by atoms with E-state index in [4.69, 9.17) is 4.42 Å². The molecule has 1 N–H and O–H groups in total. The second kappa shape index (κ2) is 7.32. The summed E-state index contributed by atoms with van der Waals surface area (Å²) in [7, 11) is 0. The number of benzene rings is 1. The summed E-state index contributed by atoms with van der Waals surface area (Å²) in [5.41, 5.74) is 2.29. The van der Waals surface area contributed by atoms with E-state index < -0.39 is 0 Å². The van der Waals surface area contributed by atoms with E-state index in [-0.39, 0.29) is 5.91 Å². The first-order valence-corrected chi connectivity index (χ1v) is 8.65. The van der Waals surface area contributed by atoms with Crippen molar-refractivity contribution in [3.63, 3.8) is 0 Å². The summed E-state index contributed by atoms with van der Waals surface area (Å²) in [5.74, 6) is 2.51. The molecule has 3 rings (SSSR count). The van der Waals surface area contributed by atoms with Crippen LogP contribution in [0.3, 0.4) is 0 Å². The zero-order chi connectivity index (χ0) is 16.1. The van der Waals surface area contributed by atoms with Crippen LogP contribution < -0.4 is 5.32 Å². The van der Waals surface area contributed by atoms with Gasteiger partial charge in [-0.05, 0) is 37.3 Å². The summed E-state index contributed by atoms with van der Waals surface area (Å²) in [6.07, 6.45) is 1.67. The molecular formula is C16H18N4O2S. The van der Waals surface area contributed by atoms with Crippen LogP contribution in [0.25, 0.3) is 11.0 Å². The number of carbonyl (C=O) groups is 1. The average Bonchev–Trinajstić information content (AvgIpc) is 3.22. The second-order valence-electron chi connectivity index (χ2n) is 5.00. The summed E-state index contributed by atoms with van der Waals surface area (Å²) >= 11 is 1.72. The quantitative estimate of drug-likeness (QED) is 0.674. The number of rotatable bonds is 7. The lowest BCUT2D eigenvalue weighted by Crippen LogP contribution is -2.25. The van der Waals surface area contributed by atoms with Gasteiger partial charge in [0.05, 0.1) is 17.5 Å². The van der Waals surface area contributed by atoms with Crippen molar-refractivity contribution in [2.45, 2.75) is 19.2 Å². The predicted octanol–water partition coefficient (Wildman–Crippen LogP) is 2.71. The number of amides is 1. The smallest absolute Gasteiger partial charge is 0.251 e. The Bertz CT molecular complexity index is 783. The third kappa shape index (κ3) is 3.73. The van der Waals surface area contributed by atoms with Crippen molar-refractivity contribution in [3.05, 3.63) is 47.9 Å². The Kier molecular flexibility index (Phi) is 4.97. The molecule has 0 bridgehead atoms. The maximum atomic E-state index is 12.2. The van der Waals surface area contributed by atoms with Crippen LogP contribution in [0.1, 0.15) is 23.0 Å². The highest BCUT2D eigenvalue weighted by atomic mass is 32.2. The molecule has 0 saturated heterocycles. The molecule has 1 amide bonds. The fraction of sp³-hybridized carbons (Fsp3) is 0.312. The Morgan fingerprint density at radius 1 is 1.39 bits per heavy atom. The number of aryl methyl sites for hydroxylation is 1. The van der Waals surface area contributed by atoms with Gasteiger partial charge in [-0.25, -0.2) is 4.68 Å². The van der Waals surface area contributed by atoms with Gasteiger partial charge in [0.1, 0.15) is 11.3 Å². The minimum atomic E-state index is -0.0865. The Labute approximate surface area is 138 Å². The average molecular weight is 330 g/mol. The summed E-state index contributed by atoms with van der Waals surface area (Å²) in [6, 6.07) is 9.30. The molecule has 3 aromatic rings. The molecule has 0 fully saturated rings. The van der Waals surface area contributed by atoms with Crippen molar-refractivity contribution in [2.24, 2.45) is 0 Å². The van der Waals surface area contributed by atoms with Gasteiger partial charge in [-0.15, -0.1) is 5.10 Å². The van der Waals surface area contributed by atoms with E-state index in [1.54, 1.807) is 24.1 Å². The topological polar surface area (TPSA) is 73.0 Å². The minimum Gasteiger partial charge on any atom is -0.468 e. The summed E-state index contributed by atoms with van der Waals surface area (Å²) in [5, 5.41) is 11.1. The maximum Gasteiger partial charge on any atom is 0.251 e. The lowest BCUT2D eigenvalue weighted by Gasteiger charge is -2.05. The summed E-state index contributed by atoms with van der Waals surface area (Å²) in [4.78, 5) is 12.2. The van der Waals surface area contributed by atoms with Crippen molar-refractivity contribution in [1.29, 1.82) is 0 Å². The maximum absolute atomic E-state index is 12.2. The predicted molar refractivity (Wildman–Crippen MR) is 90.4 cm³/mol. The van der Waals surface area contributed by atoms with Crippen molar-refractivity contribution in [3.8, 4) is 0 Å². The van der Waals surface area contributed by atoms with E-state index in [9.17, 15) is 4.79 Å². The molecular weight excluding hydrogens is 312 g/mol. The standard InChI is InChI=1S/C16H18N4O2S/c1-2-20-15-6-5-12(10-14(15)18-19-20)16(21)17-7-9-23-11-13-4-3-8-22-13/h3-6,8,10H,2,7,9,11H2,1H3,(H,17,21). The highest BCUT2D eigenvalue weighted by Gasteiger charge is 2.09. The Balaban J connectivity index is 1.50. The van der Waals surface area contributed by atoms with Crippen LogP contribution in [0.5, 0.6) is 0 Å². The van der Waals surface area contributed by atoms with Crippen molar-refractivity contribution >= 4 is 28.7 Å². The van der Waals surface area contributed by atoms with Crippen LogP contribution in [0, 0.1) is 0 Å². The van der Waals surface area contributed by atoms with Crippen LogP contribution in [0.15, 0.2) is 41.0 Å². The molecule has 0 saturated carbocycles. The summed E-state index contributed by atoms with van der Waals surface area (Å²) in [6.45, 7) is 3.38. The van der Waals surface area contributed by atoms with Gasteiger partial charge in [-0.3, -0.25) is 4.79 Å². The summed E-state index contributed by atoms with van der Waals surface area (Å²) < 4.78 is 7.07. The van der Waals surface area contributed by atoms with Gasteiger partial charge in [0.2, 0.25) is 0 Å². The highest BCUT2D eigenvalue weighted by Crippen LogP contribution is 2.14. The number of aromatic nitrogens is 3. The first kappa shape index (κ1) is 15.6. The van der Waals surface area contributed by atoms with E-state index in [2.05, 4.69) is 15.6 Å². The number of nitrogens with zero attached hydrogens (tertiary/aromatic N) is 3. The monoisotopic (exact) mass is 330 g/mol. The number of carbonyl (C=O) groups excluding carboxylic acids is 1. The van der Waals surface area contributed by atoms with Crippen LogP contribution in [-0.2, 0) is 12.3 Å². The molecule has 120 valence electrons. The van der Waals surface area contributed by atoms with Gasteiger partial charge in [0, 0.05) is 24.4 Å². The van der Waals surface area contributed by atoms with Crippen molar-refractivity contribution in [1.82, 2.24) is 20.3 Å². The lowest BCUT2D eigenvalue weighted by molar-refractivity contribution is 0.0956. The van der Waals surface area contributed by atoms with Gasteiger partial charge in [0.15, 0.2) is 0 Å². The molecule has 0 aliphatic heterocycles. The van der Waals surface area contributed by atoms with Crippen LogP contribution >= 0.6 is 11.8 Å². The zero-order valence-electron chi connectivity index (χ0n) is 12.9. The highest BCUT2D eigenvalue weighted by molar-refractivity contribution is 7.98. The third-order valence-electron chi connectivity index (χ3n) is 3.43. The minimum absolute atomic E-state index is 0.0865. The molecule has 1 aromatic carbocycles. The molecule has 2 aromatic heterocycles. The number of fused-ring (bicyclic) bond motifs is 1. The molecule has 0 aliphatic carbocycles. The molecule has 23 heavy (non-hydrogen) atoms. The Morgan fingerprint density at radius 3 is 3.09 bits per heavy atom. The van der Waals surface area contributed by atoms with Crippen molar-refractivity contribution < 1.29 is 9.21 Å². The van der Waals surface area contributed by atoms with Gasteiger partial charge < -0.3 is 9.73 Å². The molecule has 0 unspecified atom stereocenters. The first-order valence-electron chi connectivity index (χ1n) is 7.49. The SMILES string of the molecule is CCn1nnc2cc(C(=O)NCCSCc3ccco3)ccc21. The molecule has 6 nitrogen and oxygen atoms in total. The normalized spacial score (nSPS) is 11.0. The molecule has 7 heteroatoms. The number of furan rings is 1. The van der Waals surface area contributed by atoms with E-state index >= 15 is 0 Å². The number of hydrogen-bond donors (Lipinski definition) is 1. The number of thioether (sulfide) groups is 1. The molecule has 0 aliphatic rings. The van der Waals surface area contributed by atoms with Crippen LogP contribution in [0.4, 0.5) is 0 Å². The molecule has 2 heterocycles. The van der Waals surface area contributed by atoms with E-state index in [1.165, 1.54) is 0 Å². The zero-order valence-corrected chi connectivity index (χ0v) is 13.7. The van der Waals surface area contributed by atoms with E-state index in [0.717, 1.165) is 34.8 Å². The largest absolute Gasteiger partial charge is 0.468 e. The van der Waals surface area contributed by atoms with Gasteiger partial charge in [-0.2, -0.15) is 11.8 Å². The Hall–Kier alpha value is -2.28. The van der Waals surface area contributed by atoms with Gasteiger partial charge in [0.25, 0.3) is 5.91 Å². The fourth-order valence-electron chi connectivity index (χ4n) is 2.25. The van der Waals surface area contributed by atoms with Crippen molar-refractivity contribution in [2.75, 3.05) is 12.3 Å². The first-order chi connectivity index (χ1) is 11.3. The molecule has 0 radical (unpaired) electrons. The Morgan fingerprint density at radius 2 is 2.30 bits per heavy atom. The van der Waals surface area contributed by atoms with Gasteiger partial charge >= 0.3 is 0 Å².